The maximum atomic E-state index is 12.4. The second-order valence-electron chi connectivity index (χ2n) is 6.91. The van der Waals surface area contributed by atoms with Crippen molar-refractivity contribution in [3.63, 3.8) is 0 Å². The number of anilines is 1. The summed E-state index contributed by atoms with van der Waals surface area (Å²) < 4.78 is 0. The summed E-state index contributed by atoms with van der Waals surface area (Å²) in [5, 5.41) is 13.8. The molecule has 0 saturated carbocycles. The predicted molar refractivity (Wildman–Crippen MR) is 106 cm³/mol. The number of urea groups is 1. The second kappa shape index (κ2) is 8.18. The summed E-state index contributed by atoms with van der Waals surface area (Å²) in [4.78, 5) is 19.1. The first-order valence-corrected chi connectivity index (χ1v) is 9.41. The third kappa shape index (κ3) is 4.25. The number of piperidine rings is 1. The Balaban J connectivity index is 1.41. The zero-order valence-electron chi connectivity index (χ0n) is 15.2. The van der Waals surface area contributed by atoms with Gasteiger partial charge in [-0.25, -0.2) is 4.79 Å². The molecule has 0 radical (unpaired) electrons. The minimum Gasteiger partial charge on any atom is -0.336 e. The summed E-state index contributed by atoms with van der Waals surface area (Å²) in [6.45, 7) is 2.66. The standard InChI is InChI=1S/C20H24N6O/c27-20(24-17-6-7-18-16(11-17)13-23-25-18)22-14-19(15-5-4-8-21-12-15)26-9-2-1-3-10-26/h4-8,11-13,19H,1-3,9-10,14H2,(H,23,25)(H2,22,24,27)/t19-/m1/s1. The van der Waals surface area contributed by atoms with Crippen LogP contribution in [0.2, 0.25) is 0 Å². The molecule has 7 nitrogen and oxygen atoms in total. The van der Waals surface area contributed by atoms with Gasteiger partial charge in [0.15, 0.2) is 0 Å². The largest absolute Gasteiger partial charge is 0.336 e. The van der Waals surface area contributed by atoms with Crippen LogP contribution in [0.15, 0.2) is 48.9 Å². The smallest absolute Gasteiger partial charge is 0.319 e. The van der Waals surface area contributed by atoms with Gasteiger partial charge >= 0.3 is 6.03 Å². The lowest BCUT2D eigenvalue weighted by molar-refractivity contribution is 0.161. The topological polar surface area (TPSA) is 85.9 Å². The Labute approximate surface area is 158 Å². The van der Waals surface area contributed by atoms with E-state index >= 15 is 0 Å². The molecule has 1 saturated heterocycles. The van der Waals surface area contributed by atoms with Crippen LogP contribution in [0.1, 0.15) is 30.9 Å². The molecule has 7 heteroatoms. The number of pyridine rings is 1. The summed E-state index contributed by atoms with van der Waals surface area (Å²) in [6, 6.07) is 9.64. The number of nitrogens with one attached hydrogen (secondary N) is 3. The first-order chi connectivity index (χ1) is 13.3. The highest BCUT2D eigenvalue weighted by atomic mass is 16.2. The van der Waals surface area contributed by atoms with Crippen LogP contribution in [0, 0.1) is 0 Å². The average Bonchev–Trinajstić information content (AvgIpc) is 3.18. The number of hydrogen-bond donors (Lipinski definition) is 3. The van der Waals surface area contributed by atoms with Gasteiger partial charge in [0.1, 0.15) is 0 Å². The molecule has 2 amide bonds. The fourth-order valence-electron chi connectivity index (χ4n) is 3.65. The van der Waals surface area contributed by atoms with Crippen LogP contribution in [-0.2, 0) is 0 Å². The molecule has 3 aromatic rings. The number of fused-ring (bicyclic) bond motifs is 1. The van der Waals surface area contributed by atoms with E-state index in [2.05, 4.69) is 36.8 Å². The molecule has 2 aromatic heterocycles. The predicted octanol–water partition coefficient (Wildman–Crippen LogP) is 3.31. The number of carbonyl (C=O) groups is 1. The van der Waals surface area contributed by atoms with Crippen LogP contribution in [-0.4, -0.2) is 45.7 Å². The van der Waals surface area contributed by atoms with E-state index in [9.17, 15) is 4.79 Å². The van der Waals surface area contributed by atoms with Crippen molar-refractivity contribution in [3.05, 3.63) is 54.5 Å². The van der Waals surface area contributed by atoms with E-state index in [0.717, 1.165) is 35.2 Å². The molecule has 1 aromatic carbocycles. The van der Waals surface area contributed by atoms with Gasteiger partial charge in [0.05, 0.1) is 17.8 Å². The van der Waals surface area contributed by atoms with E-state index in [1.807, 2.05) is 30.5 Å². The molecule has 1 fully saturated rings. The Bertz CT molecular complexity index is 888. The summed E-state index contributed by atoms with van der Waals surface area (Å²) >= 11 is 0. The lowest BCUT2D eigenvalue weighted by Crippen LogP contribution is -2.41. The van der Waals surface area contributed by atoms with E-state index in [0.29, 0.717) is 6.54 Å². The average molecular weight is 364 g/mol. The minimum atomic E-state index is -0.205. The van der Waals surface area contributed by atoms with Gasteiger partial charge in [-0.2, -0.15) is 5.10 Å². The molecule has 0 spiro atoms. The highest BCUT2D eigenvalue weighted by Crippen LogP contribution is 2.23. The summed E-state index contributed by atoms with van der Waals surface area (Å²) in [6.07, 6.45) is 9.10. The third-order valence-corrected chi connectivity index (χ3v) is 5.05. The zero-order valence-corrected chi connectivity index (χ0v) is 15.2. The zero-order chi connectivity index (χ0) is 18.5. The van der Waals surface area contributed by atoms with Gasteiger partial charge in [-0.15, -0.1) is 0 Å². The van der Waals surface area contributed by atoms with Crippen LogP contribution in [0.3, 0.4) is 0 Å². The van der Waals surface area contributed by atoms with Crippen molar-refractivity contribution in [2.45, 2.75) is 25.3 Å². The Morgan fingerprint density at radius 1 is 1.19 bits per heavy atom. The van der Waals surface area contributed by atoms with Crippen LogP contribution in [0.4, 0.5) is 10.5 Å². The van der Waals surface area contributed by atoms with Crippen LogP contribution < -0.4 is 10.6 Å². The van der Waals surface area contributed by atoms with Crippen molar-refractivity contribution in [2.75, 3.05) is 25.0 Å². The SMILES string of the molecule is O=C(NC[C@H](c1cccnc1)N1CCCCC1)Nc1ccc2[nH]ncc2c1. The molecule has 0 unspecified atom stereocenters. The van der Waals surface area contributed by atoms with Crippen LogP contribution in [0.25, 0.3) is 10.9 Å². The van der Waals surface area contributed by atoms with Crippen molar-refractivity contribution < 1.29 is 4.79 Å². The number of aromatic nitrogens is 3. The number of H-pyrrole nitrogens is 1. The van der Waals surface area contributed by atoms with Crippen molar-refractivity contribution >= 4 is 22.6 Å². The number of aromatic amines is 1. The van der Waals surface area contributed by atoms with Gasteiger partial charge < -0.3 is 10.6 Å². The maximum absolute atomic E-state index is 12.4. The highest BCUT2D eigenvalue weighted by Gasteiger charge is 2.23. The number of nitrogens with zero attached hydrogens (tertiary/aromatic N) is 3. The molecular weight excluding hydrogens is 340 g/mol. The number of rotatable bonds is 5. The van der Waals surface area contributed by atoms with Gasteiger partial charge in [-0.3, -0.25) is 15.0 Å². The lowest BCUT2D eigenvalue weighted by atomic mass is 10.0. The minimum absolute atomic E-state index is 0.140. The van der Waals surface area contributed by atoms with E-state index in [1.165, 1.54) is 19.3 Å². The van der Waals surface area contributed by atoms with Crippen LogP contribution in [0.5, 0.6) is 0 Å². The highest BCUT2D eigenvalue weighted by molar-refractivity contribution is 5.92. The van der Waals surface area contributed by atoms with E-state index in [1.54, 1.807) is 12.4 Å². The van der Waals surface area contributed by atoms with Gasteiger partial charge in [0.2, 0.25) is 0 Å². The summed E-state index contributed by atoms with van der Waals surface area (Å²) in [7, 11) is 0. The Kier molecular flexibility index (Phi) is 5.29. The molecule has 3 heterocycles. The molecule has 140 valence electrons. The number of carbonyl (C=O) groups excluding carboxylic acids is 1. The molecule has 0 aliphatic carbocycles. The molecular formula is C20H24N6O. The van der Waals surface area contributed by atoms with Crippen molar-refractivity contribution in [3.8, 4) is 0 Å². The number of likely N-dealkylation sites (tertiary alicyclic amines) is 1. The van der Waals surface area contributed by atoms with Crippen molar-refractivity contribution in [2.24, 2.45) is 0 Å². The molecule has 1 aliphatic rings. The number of benzene rings is 1. The van der Waals surface area contributed by atoms with E-state index in [-0.39, 0.29) is 12.1 Å². The maximum Gasteiger partial charge on any atom is 0.319 e. The monoisotopic (exact) mass is 364 g/mol. The Morgan fingerprint density at radius 2 is 2.07 bits per heavy atom. The van der Waals surface area contributed by atoms with Crippen molar-refractivity contribution in [1.82, 2.24) is 25.4 Å². The molecule has 27 heavy (non-hydrogen) atoms. The lowest BCUT2D eigenvalue weighted by Gasteiger charge is -2.34. The molecule has 1 atom stereocenters. The first-order valence-electron chi connectivity index (χ1n) is 9.41. The quantitative estimate of drug-likeness (QED) is 0.648. The fourth-order valence-corrected chi connectivity index (χ4v) is 3.65. The Morgan fingerprint density at radius 3 is 2.89 bits per heavy atom. The number of hydrogen-bond acceptors (Lipinski definition) is 4. The number of amides is 2. The normalized spacial score (nSPS) is 16.1. The van der Waals surface area contributed by atoms with E-state index < -0.39 is 0 Å². The van der Waals surface area contributed by atoms with Gasteiger partial charge in [-0.05, 0) is 55.8 Å². The van der Waals surface area contributed by atoms with Gasteiger partial charge in [0, 0.05) is 30.0 Å². The molecule has 3 N–H and O–H groups in total. The molecule has 0 bridgehead atoms. The first kappa shape index (κ1) is 17.5. The summed E-state index contributed by atoms with van der Waals surface area (Å²) in [5.74, 6) is 0. The Hall–Kier alpha value is -2.93. The molecule has 1 aliphatic heterocycles. The second-order valence-corrected chi connectivity index (χ2v) is 6.91. The van der Waals surface area contributed by atoms with Gasteiger partial charge in [-0.1, -0.05) is 12.5 Å². The van der Waals surface area contributed by atoms with Crippen molar-refractivity contribution in [1.29, 1.82) is 0 Å². The fraction of sp³-hybridized carbons (Fsp3) is 0.350. The third-order valence-electron chi connectivity index (χ3n) is 5.05. The summed E-state index contributed by atoms with van der Waals surface area (Å²) in [5.41, 5.74) is 2.83. The van der Waals surface area contributed by atoms with Gasteiger partial charge in [0.25, 0.3) is 0 Å². The molecule has 4 rings (SSSR count). The van der Waals surface area contributed by atoms with Crippen LogP contribution >= 0.6 is 0 Å². The van der Waals surface area contributed by atoms with E-state index in [4.69, 9.17) is 0 Å².